The topological polar surface area (TPSA) is 66.8 Å². The first-order chi connectivity index (χ1) is 7.63. The van der Waals surface area contributed by atoms with E-state index in [1.54, 1.807) is 7.11 Å². The van der Waals surface area contributed by atoms with E-state index < -0.39 is 5.97 Å². The SMILES string of the molecule is COCCC(=O)N1CCC(CCC(=O)O)C1. The number of rotatable bonds is 6. The first kappa shape index (κ1) is 13.0. The van der Waals surface area contributed by atoms with Crippen molar-refractivity contribution in [1.29, 1.82) is 0 Å². The highest BCUT2D eigenvalue weighted by molar-refractivity contribution is 5.76. The number of nitrogens with zero attached hydrogens (tertiary/aromatic N) is 1. The Balaban J connectivity index is 2.23. The summed E-state index contributed by atoms with van der Waals surface area (Å²) in [5.74, 6) is -0.300. The summed E-state index contributed by atoms with van der Waals surface area (Å²) in [6.45, 7) is 1.91. The molecule has 0 bridgehead atoms. The van der Waals surface area contributed by atoms with E-state index in [1.807, 2.05) is 4.90 Å². The fourth-order valence-electron chi connectivity index (χ4n) is 1.97. The molecule has 1 heterocycles. The molecule has 1 amide bonds. The molecule has 1 saturated heterocycles. The lowest BCUT2D eigenvalue weighted by atomic mass is 10.0. The molecule has 1 unspecified atom stereocenters. The van der Waals surface area contributed by atoms with Gasteiger partial charge in [-0.2, -0.15) is 0 Å². The number of amides is 1. The summed E-state index contributed by atoms with van der Waals surface area (Å²) in [5.41, 5.74) is 0. The van der Waals surface area contributed by atoms with Gasteiger partial charge in [0.1, 0.15) is 0 Å². The van der Waals surface area contributed by atoms with Gasteiger partial charge < -0.3 is 14.7 Å². The summed E-state index contributed by atoms with van der Waals surface area (Å²) in [6, 6.07) is 0. The van der Waals surface area contributed by atoms with Crippen LogP contribution in [0.15, 0.2) is 0 Å². The second-order valence-corrected chi connectivity index (χ2v) is 4.17. The lowest BCUT2D eigenvalue weighted by Crippen LogP contribution is -2.29. The molecule has 5 nitrogen and oxygen atoms in total. The Hall–Kier alpha value is -1.10. The van der Waals surface area contributed by atoms with Crippen LogP contribution >= 0.6 is 0 Å². The van der Waals surface area contributed by atoms with Crippen molar-refractivity contribution in [3.63, 3.8) is 0 Å². The van der Waals surface area contributed by atoms with Crippen LogP contribution in [0.5, 0.6) is 0 Å². The second-order valence-electron chi connectivity index (χ2n) is 4.17. The highest BCUT2D eigenvalue weighted by Crippen LogP contribution is 2.21. The molecule has 0 spiro atoms. The Morgan fingerprint density at radius 2 is 2.19 bits per heavy atom. The van der Waals surface area contributed by atoms with Gasteiger partial charge in [0.15, 0.2) is 0 Å². The van der Waals surface area contributed by atoms with Crippen molar-refractivity contribution in [1.82, 2.24) is 4.90 Å². The van der Waals surface area contributed by atoms with E-state index in [4.69, 9.17) is 9.84 Å². The lowest BCUT2D eigenvalue weighted by Gasteiger charge is -2.16. The van der Waals surface area contributed by atoms with Gasteiger partial charge in [0.05, 0.1) is 13.0 Å². The van der Waals surface area contributed by atoms with Gasteiger partial charge in [-0.15, -0.1) is 0 Å². The lowest BCUT2D eigenvalue weighted by molar-refractivity contribution is -0.137. The van der Waals surface area contributed by atoms with E-state index in [2.05, 4.69) is 0 Å². The van der Waals surface area contributed by atoms with Crippen molar-refractivity contribution in [2.75, 3.05) is 26.8 Å². The van der Waals surface area contributed by atoms with Gasteiger partial charge in [-0.25, -0.2) is 0 Å². The van der Waals surface area contributed by atoms with Crippen molar-refractivity contribution < 1.29 is 19.4 Å². The van der Waals surface area contributed by atoms with Gasteiger partial charge in [-0.1, -0.05) is 0 Å². The maximum Gasteiger partial charge on any atom is 0.303 e. The maximum absolute atomic E-state index is 11.6. The average Bonchev–Trinajstić information content (AvgIpc) is 2.71. The fourth-order valence-corrected chi connectivity index (χ4v) is 1.97. The minimum Gasteiger partial charge on any atom is -0.481 e. The number of hydrogen-bond donors (Lipinski definition) is 1. The van der Waals surface area contributed by atoms with Crippen LogP contribution in [-0.4, -0.2) is 48.7 Å². The van der Waals surface area contributed by atoms with Crippen LogP contribution in [0.1, 0.15) is 25.7 Å². The largest absolute Gasteiger partial charge is 0.481 e. The van der Waals surface area contributed by atoms with Crippen molar-refractivity contribution in [2.24, 2.45) is 5.92 Å². The zero-order chi connectivity index (χ0) is 12.0. The number of carbonyl (C=O) groups is 2. The molecule has 1 aliphatic rings. The molecule has 0 aromatic heterocycles. The Morgan fingerprint density at radius 3 is 2.81 bits per heavy atom. The first-order valence-corrected chi connectivity index (χ1v) is 5.62. The van der Waals surface area contributed by atoms with Crippen LogP contribution in [0.3, 0.4) is 0 Å². The summed E-state index contributed by atoms with van der Waals surface area (Å²) in [5, 5.41) is 8.57. The second kappa shape index (κ2) is 6.48. The molecular formula is C11H19NO4. The Bertz CT molecular complexity index is 254. The Kier molecular flexibility index (Phi) is 5.25. The third kappa shape index (κ3) is 4.18. The molecule has 92 valence electrons. The first-order valence-electron chi connectivity index (χ1n) is 5.62. The molecule has 16 heavy (non-hydrogen) atoms. The zero-order valence-corrected chi connectivity index (χ0v) is 9.65. The zero-order valence-electron chi connectivity index (χ0n) is 9.65. The highest BCUT2D eigenvalue weighted by atomic mass is 16.5. The summed E-state index contributed by atoms with van der Waals surface area (Å²) in [4.78, 5) is 23.8. The minimum atomic E-state index is -0.760. The van der Waals surface area contributed by atoms with Crippen LogP contribution in [0.2, 0.25) is 0 Å². The van der Waals surface area contributed by atoms with Crippen LogP contribution in [-0.2, 0) is 14.3 Å². The fraction of sp³-hybridized carbons (Fsp3) is 0.818. The van der Waals surface area contributed by atoms with Gasteiger partial charge in [0.25, 0.3) is 0 Å². The number of hydrogen-bond acceptors (Lipinski definition) is 3. The van der Waals surface area contributed by atoms with Gasteiger partial charge >= 0.3 is 5.97 Å². The Morgan fingerprint density at radius 1 is 1.44 bits per heavy atom. The molecular weight excluding hydrogens is 210 g/mol. The van der Waals surface area contributed by atoms with Gasteiger partial charge in [0.2, 0.25) is 5.91 Å². The molecule has 5 heteroatoms. The van der Waals surface area contributed by atoms with Crippen LogP contribution < -0.4 is 0 Å². The molecule has 1 atom stereocenters. The molecule has 0 aliphatic carbocycles. The van der Waals surface area contributed by atoms with E-state index in [0.29, 0.717) is 31.9 Å². The Labute approximate surface area is 95.4 Å². The number of carboxylic acids is 1. The van der Waals surface area contributed by atoms with Crippen molar-refractivity contribution in [3.8, 4) is 0 Å². The molecule has 0 radical (unpaired) electrons. The van der Waals surface area contributed by atoms with Crippen LogP contribution in [0, 0.1) is 5.92 Å². The molecule has 0 aromatic carbocycles. The summed E-state index contributed by atoms with van der Waals surface area (Å²) < 4.78 is 4.85. The summed E-state index contributed by atoms with van der Waals surface area (Å²) in [7, 11) is 1.58. The van der Waals surface area contributed by atoms with E-state index in [1.165, 1.54) is 0 Å². The predicted molar refractivity (Wildman–Crippen MR) is 58.0 cm³/mol. The quantitative estimate of drug-likeness (QED) is 0.729. The molecule has 1 rings (SSSR count). The molecule has 1 aliphatic heterocycles. The van der Waals surface area contributed by atoms with Gasteiger partial charge in [-0.05, 0) is 18.8 Å². The monoisotopic (exact) mass is 229 g/mol. The maximum atomic E-state index is 11.6. The minimum absolute atomic E-state index is 0.111. The number of methoxy groups -OCH3 is 1. The molecule has 1 fully saturated rings. The predicted octanol–water partition coefficient (Wildman–Crippen LogP) is 0.736. The number of carbonyl (C=O) groups excluding carboxylic acids is 1. The van der Waals surface area contributed by atoms with Gasteiger partial charge in [-0.3, -0.25) is 9.59 Å². The highest BCUT2D eigenvalue weighted by Gasteiger charge is 2.25. The smallest absolute Gasteiger partial charge is 0.303 e. The number of aliphatic carboxylic acids is 1. The van der Waals surface area contributed by atoms with Crippen LogP contribution in [0.4, 0.5) is 0 Å². The third-order valence-corrected chi connectivity index (χ3v) is 2.93. The van der Waals surface area contributed by atoms with E-state index in [-0.39, 0.29) is 12.3 Å². The molecule has 1 N–H and O–H groups in total. The molecule has 0 aromatic rings. The number of carboxylic acid groups (broad SMARTS) is 1. The number of ether oxygens (including phenoxy) is 1. The standard InChI is InChI=1S/C11H19NO4/c1-16-7-5-10(13)12-6-4-9(8-12)2-3-11(14)15/h9H,2-8H2,1H3,(H,14,15). The average molecular weight is 229 g/mol. The van der Waals surface area contributed by atoms with Crippen molar-refractivity contribution in [2.45, 2.75) is 25.7 Å². The van der Waals surface area contributed by atoms with E-state index in [0.717, 1.165) is 13.0 Å². The summed E-state index contributed by atoms with van der Waals surface area (Å²) >= 11 is 0. The normalized spacial score (nSPS) is 20.1. The molecule has 0 saturated carbocycles. The van der Waals surface area contributed by atoms with Crippen LogP contribution in [0.25, 0.3) is 0 Å². The van der Waals surface area contributed by atoms with Crippen molar-refractivity contribution >= 4 is 11.9 Å². The number of likely N-dealkylation sites (tertiary alicyclic amines) is 1. The van der Waals surface area contributed by atoms with E-state index >= 15 is 0 Å². The van der Waals surface area contributed by atoms with Crippen molar-refractivity contribution in [3.05, 3.63) is 0 Å². The van der Waals surface area contributed by atoms with Gasteiger partial charge in [0, 0.05) is 26.6 Å². The summed E-state index contributed by atoms with van der Waals surface area (Å²) in [6.07, 6.45) is 2.21. The van der Waals surface area contributed by atoms with E-state index in [9.17, 15) is 9.59 Å². The third-order valence-electron chi connectivity index (χ3n) is 2.93.